The average molecular weight is 224 g/mol. The fourth-order valence-electron chi connectivity index (χ4n) is 2.97. The maximum Gasteiger partial charge on any atom is 0.163 e. The molecule has 0 fully saturated rings. The maximum absolute atomic E-state index is 12.0. The van der Waals surface area contributed by atoms with Crippen molar-refractivity contribution >= 4 is 16.6 Å². The molecule has 0 radical (unpaired) electrons. The number of hydrogen-bond donors (Lipinski definition) is 0. The fourth-order valence-corrected chi connectivity index (χ4v) is 2.97. The predicted octanol–water partition coefficient (Wildman–Crippen LogP) is 4.23. The number of carbonyl (C=O) groups is 1. The number of carbonyl (C=O) groups excluding carboxylic acids is 1. The van der Waals surface area contributed by atoms with E-state index in [0.29, 0.717) is 18.1 Å². The Labute approximate surface area is 101 Å². The van der Waals surface area contributed by atoms with Gasteiger partial charge in [0.25, 0.3) is 0 Å². The second kappa shape index (κ2) is 3.69. The third kappa shape index (κ3) is 1.49. The minimum absolute atomic E-state index is 0.312. The zero-order valence-corrected chi connectivity index (χ0v) is 10.3. The molecule has 86 valence electrons. The Morgan fingerprint density at radius 1 is 1.18 bits per heavy atom. The Hall–Kier alpha value is -1.63. The van der Waals surface area contributed by atoms with Gasteiger partial charge in [-0.1, -0.05) is 31.2 Å². The topological polar surface area (TPSA) is 17.1 Å². The third-order valence-corrected chi connectivity index (χ3v) is 3.89. The lowest BCUT2D eigenvalue weighted by Crippen LogP contribution is -2.14. The van der Waals surface area contributed by atoms with E-state index in [1.54, 1.807) is 0 Å². The standard InChI is InChI=1S/C16H16O/c1-10-7-8-15(17)14-9-11(2)12-5-3-4-6-13(12)16(10)14/h3-6,9-10H,7-8H2,1-2H3. The molecule has 0 heterocycles. The molecule has 1 atom stereocenters. The highest BCUT2D eigenvalue weighted by molar-refractivity contribution is 6.05. The van der Waals surface area contributed by atoms with Gasteiger partial charge in [0.15, 0.2) is 5.78 Å². The van der Waals surface area contributed by atoms with Crippen molar-refractivity contribution in [3.05, 3.63) is 47.0 Å². The molecule has 1 aliphatic carbocycles. The van der Waals surface area contributed by atoms with Crippen LogP contribution in [0.15, 0.2) is 30.3 Å². The van der Waals surface area contributed by atoms with Gasteiger partial charge in [-0.15, -0.1) is 0 Å². The van der Waals surface area contributed by atoms with Crippen molar-refractivity contribution in [3.8, 4) is 0 Å². The van der Waals surface area contributed by atoms with Crippen LogP contribution in [0.25, 0.3) is 10.8 Å². The lowest BCUT2D eigenvalue weighted by Gasteiger charge is -2.24. The van der Waals surface area contributed by atoms with Crippen LogP contribution in [0.3, 0.4) is 0 Å². The summed E-state index contributed by atoms with van der Waals surface area (Å²) in [6, 6.07) is 10.5. The van der Waals surface area contributed by atoms with E-state index in [9.17, 15) is 4.79 Å². The fraction of sp³-hybridized carbons (Fsp3) is 0.312. The van der Waals surface area contributed by atoms with Crippen molar-refractivity contribution in [2.75, 3.05) is 0 Å². The SMILES string of the molecule is Cc1cc2c(c3ccccc13)C(C)CCC2=O. The summed E-state index contributed by atoms with van der Waals surface area (Å²) in [5.74, 6) is 0.806. The summed E-state index contributed by atoms with van der Waals surface area (Å²) in [4.78, 5) is 12.0. The molecule has 0 aliphatic heterocycles. The summed E-state index contributed by atoms with van der Waals surface area (Å²) in [5, 5.41) is 2.55. The van der Waals surface area contributed by atoms with Gasteiger partial charge < -0.3 is 0 Å². The van der Waals surface area contributed by atoms with Crippen LogP contribution in [-0.4, -0.2) is 5.78 Å². The Balaban J connectivity index is 2.45. The van der Waals surface area contributed by atoms with Crippen molar-refractivity contribution < 1.29 is 4.79 Å². The van der Waals surface area contributed by atoms with Gasteiger partial charge in [0.05, 0.1) is 0 Å². The van der Waals surface area contributed by atoms with Crippen molar-refractivity contribution in [2.24, 2.45) is 0 Å². The molecule has 0 spiro atoms. The summed E-state index contributed by atoms with van der Waals surface area (Å²) >= 11 is 0. The van der Waals surface area contributed by atoms with E-state index in [1.807, 2.05) is 0 Å². The minimum atomic E-state index is 0.312. The van der Waals surface area contributed by atoms with Gasteiger partial charge in [-0.05, 0) is 47.2 Å². The predicted molar refractivity (Wildman–Crippen MR) is 70.7 cm³/mol. The molecule has 0 amide bonds. The lowest BCUT2D eigenvalue weighted by atomic mass is 9.79. The molecule has 0 aromatic heterocycles. The normalized spacial score (nSPS) is 19.4. The Kier molecular flexibility index (Phi) is 2.29. The second-order valence-electron chi connectivity index (χ2n) is 5.06. The molecule has 1 aliphatic rings. The van der Waals surface area contributed by atoms with Gasteiger partial charge in [-0.25, -0.2) is 0 Å². The van der Waals surface area contributed by atoms with Crippen molar-refractivity contribution in [3.63, 3.8) is 0 Å². The van der Waals surface area contributed by atoms with Gasteiger partial charge in [-0.2, -0.15) is 0 Å². The van der Waals surface area contributed by atoms with E-state index in [0.717, 1.165) is 12.0 Å². The smallest absolute Gasteiger partial charge is 0.163 e. The van der Waals surface area contributed by atoms with Crippen LogP contribution in [0.2, 0.25) is 0 Å². The Bertz CT molecular complexity index is 610. The van der Waals surface area contributed by atoms with Gasteiger partial charge in [0.2, 0.25) is 0 Å². The summed E-state index contributed by atoms with van der Waals surface area (Å²) in [5.41, 5.74) is 3.43. The summed E-state index contributed by atoms with van der Waals surface area (Å²) in [6.07, 6.45) is 1.69. The minimum Gasteiger partial charge on any atom is -0.294 e. The molecule has 1 heteroatoms. The average Bonchev–Trinajstić information content (AvgIpc) is 2.34. The van der Waals surface area contributed by atoms with E-state index in [1.165, 1.54) is 21.9 Å². The molecular weight excluding hydrogens is 208 g/mol. The molecule has 0 saturated carbocycles. The number of fused-ring (bicyclic) bond motifs is 3. The van der Waals surface area contributed by atoms with Crippen LogP contribution < -0.4 is 0 Å². The van der Waals surface area contributed by atoms with Gasteiger partial charge in [0.1, 0.15) is 0 Å². The van der Waals surface area contributed by atoms with E-state index in [4.69, 9.17) is 0 Å². The molecule has 0 N–H and O–H groups in total. The van der Waals surface area contributed by atoms with E-state index in [-0.39, 0.29) is 0 Å². The van der Waals surface area contributed by atoms with Gasteiger partial charge >= 0.3 is 0 Å². The molecular formula is C16H16O. The quantitative estimate of drug-likeness (QED) is 0.654. The largest absolute Gasteiger partial charge is 0.294 e. The van der Waals surface area contributed by atoms with Crippen molar-refractivity contribution in [2.45, 2.75) is 32.6 Å². The van der Waals surface area contributed by atoms with Crippen LogP contribution in [0, 0.1) is 6.92 Å². The number of Topliss-reactive ketones (excluding diaryl/α,β-unsaturated/α-hetero) is 1. The Morgan fingerprint density at radius 3 is 2.65 bits per heavy atom. The molecule has 3 rings (SSSR count). The highest BCUT2D eigenvalue weighted by Gasteiger charge is 2.25. The first-order chi connectivity index (χ1) is 8.18. The highest BCUT2D eigenvalue weighted by atomic mass is 16.1. The molecule has 1 nitrogen and oxygen atoms in total. The van der Waals surface area contributed by atoms with Crippen LogP contribution >= 0.6 is 0 Å². The zero-order chi connectivity index (χ0) is 12.0. The maximum atomic E-state index is 12.0. The first-order valence-electron chi connectivity index (χ1n) is 6.24. The van der Waals surface area contributed by atoms with E-state index in [2.05, 4.69) is 44.2 Å². The molecule has 1 unspecified atom stereocenters. The first-order valence-corrected chi connectivity index (χ1v) is 6.24. The monoisotopic (exact) mass is 224 g/mol. The molecule has 0 bridgehead atoms. The summed E-state index contributed by atoms with van der Waals surface area (Å²) in [6.45, 7) is 4.32. The summed E-state index contributed by atoms with van der Waals surface area (Å²) < 4.78 is 0. The van der Waals surface area contributed by atoms with Crippen molar-refractivity contribution in [1.82, 2.24) is 0 Å². The lowest BCUT2D eigenvalue weighted by molar-refractivity contribution is 0.0968. The Morgan fingerprint density at radius 2 is 1.88 bits per heavy atom. The van der Waals surface area contributed by atoms with Gasteiger partial charge in [-0.3, -0.25) is 4.79 Å². The van der Waals surface area contributed by atoms with Gasteiger partial charge in [0, 0.05) is 12.0 Å². The molecule has 0 saturated heterocycles. The number of hydrogen-bond acceptors (Lipinski definition) is 1. The van der Waals surface area contributed by atoms with Crippen LogP contribution in [0.5, 0.6) is 0 Å². The number of aryl methyl sites for hydroxylation is 1. The second-order valence-corrected chi connectivity index (χ2v) is 5.06. The van der Waals surface area contributed by atoms with Crippen LogP contribution in [0.1, 0.15) is 47.2 Å². The van der Waals surface area contributed by atoms with Crippen molar-refractivity contribution in [1.29, 1.82) is 0 Å². The number of ketones is 1. The molecule has 17 heavy (non-hydrogen) atoms. The third-order valence-electron chi connectivity index (χ3n) is 3.89. The van der Waals surface area contributed by atoms with E-state index < -0.39 is 0 Å². The van der Waals surface area contributed by atoms with E-state index >= 15 is 0 Å². The zero-order valence-electron chi connectivity index (χ0n) is 10.3. The van der Waals surface area contributed by atoms with Crippen LogP contribution in [0.4, 0.5) is 0 Å². The number of benzene rings is 2. The number of rotatable bonds is 0. The summed E-state index contributed by atoms with van der Waals surface area (Å²) in [7, 11) is 0. The van der Waals surface area contributed by atoms with Crippen LogP contribution in [-0.2, 0) is 0 Å². The molecule has 2 aromatic carbocycles. The first kappa shape index (κ1) is 10.5. The molecule has 2 aromatic rings. The highest BCUT2D eigenvalue weighted by Crippen LogP contribution is 2.37.